The summed E-state index contributed by atoms with van der Waals surface area (Å²) in [6.07, 6.45) is 1.90. The van der Waals surface area contributed by atoms with Gasteiger partial charge in [-0.1, -0.05) is 17.3 Å². The van der Waals surface area contributed by atoms with E-state index in [2.05, 4.69) is 10.1 Å². The number of fused-ring (bicyclic) bond motifs is 1. The second-order valence-electron chi connectivity index (χ2n) is 4.58. The molecule has 2 aromatic rings. The largest absolute Gasteiger partial charge is 0.361 e. The average molecular weight is 262 g/mol. The molecule has 2 heterocycles. The van der Waals surface area contributed by atoms with Gasteiger partial charge in [-0.05, 0) is 24.5 Å². The number of benzene rings is 1. The molecule has 1 aliphatic heterocycles. The van der Waals surface area contributed by atoms with E-state index >= 15 is 0 Å². The first-order chi connectivity index (χ1) is 9.28. The zero-order valence-electron chi connectivity index (χ0n) is 10.5. The van der Waals surface area contributed by atoms with E-state index in [9.17, 15) is 4.39 Å². The molecule has 1 aliphatic rings. The van der Waals surface area contributed by atoms with Crippen LogP contribution < -0.4 is 10.6 Å². The standard InChI is InChI=1S/C13H15FN4O/c14-10-5-1-3-9-4-2-6-18(13(9)10)8-11-16-12(7-15)19-17-11/h1,3,5H,2,4,6-8,15H2. The number of hydrogen-bond donors (Lipinski definition) is 1. The van der Waals surface area contributed by atoms with E-state index in [4.69, 9.17) is 10.3 Å². The van der Waals surface area contributed by atoms with Crippen LogP contribution in [0.3, 0.4) is 0 Å². The predicted molar refractivity (Wildman–Crippen MR) is 68.0 cm³/mol. The summed E-state index contributed by atoms with van der Waals surface area (Å²) in [6.45, 7) is 1.45. The number of aromatic nitrogens is 2. The Hall–Kier alpha value is -1.95. The highest BCUT2D eigenvalue weighted by Gasteiger charge is 2.22. The first-order valence-corrected chi connectivity index (χ1v) is 6.32. The quantitative estimate of drug-likeness (QED) is 0.910. The summed E-state index contributed by atoms with van der Waals surface area (Å²) in [4.78, 5) is 6.12. The van der Waals surface area contributed by atoms with Crippen molar-refractivity contribution in [3.8, 4) is 0 Å². The normalized spacial score (nSPS) is 14.5. The lowest BCUT2D eigenvalue weighted by Crippen LogP contribution is -2.30. The summed E-state index contributed by atoms with van der Waals surface area (Å²) in [6, 6.07) is 5.20. The van der Waals surface area contributed by atoms with Gasteiger partial charge in [0.2, 0.25) is 5.89 Å². The van der Waals surface area contributed by atoms with E-state index < -0.39 is 0 Å². The van der Waals surface area contributed by atoms with Crippen molar-refractivity contribution in [3.63, 3.8) is 0 Å². The van der Waals surface area contributed by atoms with E-state index in [1.165, 1.54) is 6.07 Å². The van der Waals surface area contributed by atoms with Gasteiger partial charge in [0.15, 0.2) is 5.82 Å². The SMILES string of the molecule is NCc1nc(CN2CCCc3cccc(F)c32)no1. The molecule has 0 aliphatic carbocycles. The topological polar surface area (TPSA) is 68.2 Å². The third-order valence-electron chi connectivity index (χ3n) is 3.28. The third-order valence-corrected chi connectivity index (χ3v) is 3.28. The zero-order valence-corrected chi connectivity index (χ0v) is 10.5. The van der Waals surface area contributed by atoms with Crippen molar-refractivity contribution in [1.29, 1.82) is 0 Å². The molecule has 100 valence electrons. The molecule has 0 saturated heterocycles. The molecule has 0 spiro atoms. The van der Waals surface area contributed by atoms with Crippen LogP contribution in [0.4, 0.5) is 10.1 Å². The van der Waals surface area contributed by atoms with Gasteiger partial charge < -0.3 is 15.2 Å². The highest BCUT2D eigenvalue weighted by molar-refractivity contribution is 5.56. The summed E-state index contributed by atoms with van der Waals surface area (Å²) in [5, 5.41) is 3.85. The van der Waals surface area contributed by atoms with Crippen LogP contribution in [0.1, 0.15) is 23.7 Å². The second-order valence-corrected chi connectivity index (χ2v) is 4.58. The van der Waals surface area contributed by atoms with Gasteiger partial charge in [-0.25, -0.2) is 4.39 Å². The van der Waals surface area contributed by atoms with E-state index in [1.807, 2.05) is 11.0 Å². The minimum atomic E-state index is -0.195. The van der Waals surface area contributed by atoms with Gasteiger partial charge in [0.25, 0.3) is 0 Å². The molecular formula is C13H15FN4O. The fourth-order valence-corrected chi connectivity index (χ4v) is 2.45. The molecule has 0 bridgehead atoms. The van der Waals surface area contributed by atoms with Crippen molar-refractivity contribution in [2.45, 2.75) is 25.9 Å². The predicted octanol–water partition coefficient (Wildman–Crippen LogP) is 1.62. The Morgan fingerprint density at radius 3 is 3.11 bits per heavy atom. The Bertz CT molecular complexity index is 584. The number of nitrogens with two attached hydrogens (primary N) is 1. The lowest BCUT2D eigenvalue weighted by Gasteiger charge is -2.30. The van der Waals surface area contributed by atoms with Gasteiger partial charge in [0, 0.05) is 6.54 Å². The van der Waals surface area contributed by atoms with Gasteiger partial charge in [-0.3, -0.25) is 0 Å². The Balaban J connectivity index is 1.87. The Labute approximate surface area is 110 Å². The summed E-state index contributed by atoms with van der Waals surface area (Å²) in [5.74, 6) is 0.747. The molecule has 1 aromatic heterocycles. The van der Waals surface area contributed by atoms with Crippen LogP contribution in [-0.2, 0) is 19.5 Å². The van der Waals surface area contributed by atoms with Crippen LogP contribution >= 0.6 is 0 Å². The molecule has 6 heteroatoms. The van der Waals surface area contributed by atoms with E-state index in [-0.39, 0.29) is 12.4 Å². The Morgan fingerprint density at radius 2 is 2.32 bits per heavy atom. The molecular weight excluding hydrogens is 247 g/mol. The number of rotatable bonds is 3. The van der Waals surface area contributed by atoms with E-state index in [1.54, 1.807) is 6.07 Å². The highest BCUT2D eigenvalue weighted by Crippen LogP contribution is 2.30. The number of para-hydroxylation sites is 1. The molecule has 1 aromatic carbocycles. The monoisotopic (exact) mass is 262 g/mol. The number of anilines is 1. The van der Waals surface area contributed by atoms with Crippen molar-refractivity contribution < 1.29 is 8.91 Å². The maximum absolute atomic E-state index is 14.0. The fourth-order valence-electron chi connectivity index (χ4n) is 2.45. The molecule has 0 fully saturated rings. The highest BCUT2D eigenvalue weighted by atomic mass is 19.1. The molecule has 3 rings (SSSR count). The minimum absolute atomic E-state index is 0.195. The molecule has 0 saturated carbocycles. The second kappa shape index (κ2) is 4.97. The average Bonchev–Trinajstić information content (AvgIpc) is 2.87. The summed E-state index contributed by atoms with van der Waals surface area (Å²) in [5.41, 5.74) is 7.12. The van der Waals surface area contributed by atoms with Gasteiger partial charge in [-0.2, -0.15) is 4.98 Å². The van der Waals surface area contributed by atoms with Crippen molar-refractivity contribution >= 4 is 5.69 Å². The lowest BCUT2D eigenvalue weighted by molar-refractivity contribution is 0.374. The molecule has 0 amide bonds. The van der Waals surface area contributed by atoms with Gasteiger partial charge >= 0.3 is 0 Å². The van der Waals surface area contributed by atoms with Crippen LogP contribution in [0.15, 0.2) is 22.7 Å². The zero-order chi connectivity index (χ0) is 13.2. The summed E-state index contributed by atoms with van der Waals surface area (Å²) in [7, 11) is 0. The van der Waals surface area contributed by atoms with Crippen molar-refractivity contribution in [2.75, 3.05) is 11.4 Å². The molecule has 19 heavy (non-hydrogen) atoms. The minimum Gasteiger partial charge on any atom is -0.361 e. The number of aryl methyl sites for hydroxylation is 1. The van der Waals surface area contributed by atoms with E-state index in [0.29, 0.717) is 23.9 Å². The third kappa shape index (κ3) is 2.31. The van der Waals surface area contributed by atoms with E-state index in [0.717, 1.165) is 24.9 Å². The maximum atomic E-state index is 14.0. The maximum Gasteiger partial charge on any atom is 0.240 e. The number of halogens is 1. The van der Waals surface area contributed by atoms with Gasteiger partial charge in [0.05, 0.1) is 18.8 Å². The molecule has 0 unspecified atom stereocenters. The number of hydrogen-bond acceptors (Lipinski definition) is 5. The van der Waals surface area contributed by atoms with Crippen LogP contribution in [-0.4, -0.2) is 16.7 Å². The van der Waals surface area contributed by atoms with Crippen molar-refractivity contribution in [3.05, 3.63) is 41.3 Å². The van der Waals surface area contributed by atoms with Crippen LogP contribution in [0.5, 0.6) is 0 Å². The van der Waals surface area contributed by atoms with Gasteiger partial charge in [-0.15, -0.1) is 0 Å². The number of nitrogens with zero attached hydrogens (tertiary/aromatic N) is 3. The Morgan fingerprint density at radius 1 is 1.42 bits per heavy atom. The summed E-state index contributed by atoms with van der Waals surface area (Å²) >= 11 is 0. The smallest absolute Gasteiger partial charge is 0.240 e. The van der Waals surface area contributed by atoms with Gasteiger partial charge in [0.1, 0.15) is 5.82 Å². The van der Waals surface area contributed by atoms with Crippen LogP contribution in [0, 0.1) is 5.82 Å². The summed E-state index contributed by atoms with van der Waals surface area (Å²) < 4.78 is 18.9. The molecule has 2 N–H and O–H groups in total. The van der Waals surface area contributed by atoms with Crippen molar-refractivity contribution in [1.82, 2.24) is 10.1 Å². The lowest BCUT2D eigenvalue weighted by atomic mass is 10.0. The molecule has 0 atom stereocenters. The van der Waals surface area contributed by atoms with Crippen molar-refractivity contribution in [2.24, 2.45) is 5.73 Å². The first-order valence-electron chi connectivity index (χ1n) is 6.32. The fraction of sp³-hybridized carbons (Fsp3) is 0.385. The first kappa shape index (κ1) is 12.1. The molecule has 5 nitrogen and oxygen atoms in total. The van der Waals surface area contributed by atoms with Crippen LogP contribution in [0.25, 0.3) is 0 Å². The molecule has 0 radical (unpaired) electrons. The van der Waals surface area contributed by atoms with Crippen LogP contribution in [0.2, 0.25) is 0 Å². The Kier molecular flexibility index (Phi) is 3.16.